The number of sulfonamides is 1. The number of nitrogens with two attached hydrogens (primary N) is 1. The molecule has 2 rings (SSSR count). The molecule has 0 heterocycles. The van der Waals surface area contributed by atoms with Gasteiger partial charge in [-0.05, 0) is 57.4 Å². The van der Waals surface area contributed by atoms with E-state index < -0.39 is 41.2 Å². The van der Waals surface area contributed by atoms with Gasteiger partial charge in [0.1, 0.15) is 4.90 Å². The second kappa shape index (κ2) is 10.4. The molecule has 0 amide bonds. The number of thioether (sulfide) groups is 1. The Hall–Kier alpha value is -1.80. The maximum Gasteiger partial charge on any atom is 0.501 e. The molecular formula is C19H24F3N3O4S3. The highest BCUT2D eigenvalue weighted by atomic mass is 32.2. The van der Waals surface area contributed by atoms with Gasteiger partial charge in [-0.15, -0.1) is 11.8 Å². The van der Waals surface area contributed by atoms with Crippen molar-refractivity contribution >= 4 is 37.3 Å². The average Bonchev–Trinajstić information content (AvgIpc) is 2.69. The Morgan fingerprint density at radius 2 is 1.69 bits per heavy atom. The van der Waals surface area contributed by atoms with Crippen LogP contribution in [0.3, 0.4) is 0 Å². The quantitative estimate of drug-likeness (QED) is 0.472. The lowest BCUT2D eigenvalue weighted by Gasteiger charge is -2.24. The van der Waals surface area contributed by atoms with E-state index in [0.29, 0.717) is 24.8 Å². The number of sulfone groups is 1. The zero-order chi connectivity index (χ0) is 24.2. The van der Waals surface area contributed by atoms with Crippen LogP contribution in [0.25, 0.3) is 0 Å². The van der Waals surface area contributed by atoms with Crippen LogP contribution in [0.15, 0.2) is 63.2 Å². The molecule has 2 aromatic carbocycles. The van der Waals surface area contributed by atoms with Gasteiger partial charge in [-0.1, -0.05) is 18.2 Å². The summed E-state index contributed by atoms with van der Waals surface area (Å²) in [7, 11) is -6.58. The lowest BCUT2D eigenvalue weighted by molar-refractivity contribution is -0.0435. The van der Waals surface area contributed by atoms with Crippen LogP contribution >= 0.6 is 11.8 Å². The molecule has 0 radical (unpaired) electrons. The molecule has 3 N–H and O–H groups in total. The summed E-state index contributed by atoms with van der Waals surface area (Å²) in [6.45, 7) is 0.587. The number of rotatable bonds is 10. The highest BCUT2D eigenvalue weighted by Gasteiger charge is 2.48. The largest absolute Gasteiger partial charge is 0.501 e. The van der Waals surface area contributed by atoms with Crippen molar-refractivity contribution in [1.82, 2.24) is 4.90 Å². The fourth-order valence-electron chi connectivity index (χ4n) is 2.69. The zero-order valence-electron chi connectivity index (χ0n) is 17.3. The van der Waals surface area contributed by atoms with Gasteiger partial charge in [-0.3, -0.25) is 0 Å². The van der Waals surface area contributed by atoms with Gasteiger partial charge in [-0.2, -0.15) is 13.2 Å². The van der Waals surface area contributed by atoms with Crippen LogP contribution in [0.2, 0.25) is 0 Å². The fraction of sp³-hybridized carbons (Fsp3) is 0.368. The van der Waals surface area contributed by atoms with E-state index in [1.165, 1.54) is 11.8 Å². The van der Waals surface area contributed by atoms with Gasteiger partial charge >= 0.3 is 5.51 Å². The number of nitrogens with one attached hydrogen (secondary N) is 1. The normalized spacial score (nSPS) is 13.8. The lowest BCUT2D eigenvalue weighted by atomic mass is 10.2. The Kier molecular flexibility index (Phi) is 8.62. The first kappa shape index (κ1) is 26.5. The summed E-state index contributed by atoms with van der Waals surface area (Å²) in [4.78, 5) is 0.918. The molecule has 0 aliphatic heterocycles. The van der Waals surface area contributed by atoms with Crippen molar-refractivity contribution in [3.63, 3.8) is 0 Å². The van der Waals surface area contributed by atoms with E-state index >= 15 is 0 Å². The molecule has 0 saturated heterocycles. The highest BCUT2D eigenvalue weighted by Crippen LogP contribution is 2.36. The smallest absolute Gasteiger partial charge is 0.380 e. The second-order valence-corrected chi connectivity index (χ2v) is 11.8. The number of hydrogen-bond donors (Lipinski definition) is 2. The van der Waals surface area contributed by atoms with Crippen LogP contribution < -0.4 is 10.5 Å². The van der Waals surface area contributed by atoms with Crippen LogP contribution in [0.1, 0.15) is 6.42 Å². The number of halogens is 3. The summed E-state index contributed by atoms with van der Waals surface area (Å²) < 4.78 is 87.4. The third kappa shape index (κ3) is 7.10. The molecule has 2 aromatic rings. The summed E-state index contributed by atoms with van der Waals surface area (Å²) in [5, 5.41) is 7.86. The first-order chi connectivity index (χ1) is 14.7. The minimum atomic E-state index is -5.83. The molecule has 0 spiro atoms. The van der Waals surface area contributed by atoms with Gasteiger partial charge in [0.2, 0.25) is 10.0 Å². The second-order valence-electron chi connectivity index (χ2n) is 7.21. The maximum absolute atomic E-state index is 13.3. The van der Waals surface area contributed by atoms with E-state index in [0.717, 1.165) is 17.0 Å². The van der Waals surface area contributed by atoms with Gasteiger partial charge in [0.15, 0.2) is 0 Å². The molecule has 0 aromatic heterocycles. The number of alkyl halides is 3. The van der Waals surface area contributed by atoms with E-state index in [1.54, 1.807) is 0 Å². The average molecular weight is 512 g/mol. The van der Waals surface area contributed by atoms with E-state index in [9.17, 15) is 30.0 Å². The topological polar surface area (TPSA) is 110 Å². The van der Waals surface area contributed by atoms with Crippen LogP contribution in [-0.2, 0) is 19.9 Å². The SMILES string of the molecule is CN(C)CCC(CSc1ccccc1)Nc1ccc(S(N)(=O)=O)cc1S(=O)(=O)C(F)(F)F. The van der Waals surface area contributed by atoms with Gasteiger partial charge in [0.05, 0.1) is 10.6 Å². The molecule has 13 heteroatoms. The number of benzene rings is 2. The zero-order valence-corrected chi connectivity index (χ0v) is 19.8. The predicted molar refractivity (Wildman–Crippen MR) is 119 cm³/mol. The molecule has 0 aliphatic carbocycles. The van der Waals surface area contributed by atoms with Crippen molar-refractivity contribution in [2.45, 2.75) is 32.7 Å². The Morgan fingerprint density at radius 1 is 1.06 bits per heavy atom. The Balaban J connectivity index is 2.44. The van der Waals surface area contributed by atoms with E-state index in [-0.39, 0.29) is 5.69 Å². The Morgan fingerprint density at radius 3 is 2.22 bits per heavy atom. The third-order valence-electron chi connectivity index (χ3n) is 4.35. The third-order valence-corrected chi connectivity index (χ3v) is 7.97. The van der Waals surface area contributed by atoms with Crippen LogP contribution in [0, 0.1) is 0 Å². The molecule has 7 nitrogen and oxygen atoms in total. The standard InChI is InChI=1S/C19H24F3N3O4S3/c1-25(2)11-10-14(13-30-15-6-4-3-5-7-15)24-17-9-8-16(32(23,28)29)12-18(17)31(26,27)19(20,21)22/h3-9,12,14,24H,10-11,13H2,1-2H3,(H2,23,28,29). The molecular weight excluding hydrogens is 487 g/mol. The molecule has 0 fully saturated rings. The van der Waals surface area contributed by atoms with Crippen LogP contribution in [0.4, 0.5) is 18.9 Å². The molecule has 1 unspecified atom stereocenters. The number of primary sulfonamides is 1. The fourth-order valence-corrected chi connectivity index (χ4v) is 5.25. The molecule has 0 bridgehead atoms. The van der Waals surface area contributed by atoms with Crippen molar-refractivity contribution in [3.8, 4) is 0 Å². The molecule has 178 valence electrons. The first-order valence-electron chi connectivity index (χ1n) is 9.29. The monoisotopic (exact) mass is 511 g/mol. The van der Waals surface area contributed by atoms with Crippen molar-refractivity contribution < 1.29 is 30.0 Å². The molecule has 32 heavy (non-hydrogen) atoms. The van der Waals surface area contributed by atoms with Crippen molar-refractivity contribution in [2.24, 2.45) is 5.14 Å². The van der Waals surface area contributed by atoms with Crippen molar-refractivity contribution in [1.29, 1.82) is 0 Å². The lowest BCUT2D eigenvalue weighted by Crippen LogP contribution is -2.30. The summed E-state index contributed by atoms with van der Waals surface area (Å²) in [5.74, 6) is 0.431. The van der Waals surface area contributed by atoms with Crippen LogP contribution in [-0.4, -0.2) is 59.7 Å². The minimum Gasteiger partial charge on any atom is -0.380 e. The van der Waals surface area contributed by atoms with Gasteiger partial charge < -0.3 is 10.2 Å². The number of nitrogens with zero attached hydrogens (tertiary/aromatic N) is 1. The van der Waals surface area contributed by atoms with E-state index in [2.05, 4.69) is 5.32 Å². The molecule has 1 atom stereocenters. The van der Waals surface area contributed by atoms with E-state index in [4.69, 9.17) is 5.14 Å². The van der Waals surface area contributed by atoms with Gasteiger partial charge in [0, 0.05) is 16.7 Å². The molecule has 0 aliphatic rings. The van der Waals surface area contributed by atoms with E-state index in [1.807, 2.05) is 49.3 Å². The highest BCUT2D eigenvalue weighted by molar-refractivity contribution is 7.99. The summed E-state index contributed by atoms with van der Waals surface area (Å²) in [6, 6.07) is 11.3. The predicted octanol–water partition coefficient (Wildman–Crippen LogP) is 3.15. The number of hydrogen-bond acceptors (Lipinski definition) is 7. The minimum absolute atomic E-state index is 0.341. The van der Waals surface area contributed by atoms with Gasteiger partial charge in [0.25, 0.3) is 9.84 Å². The molecule has 0 saturated carbocycles. The summed E-state index contributed by atoms with van der Waals surface area (Å²) in [5.41, 5.74) is -5.95. The maximum atomic E-state index is 13.3. The Bertz CT molecular complexity index is 1120. The van der Waals surface area contributed by atoms with Crippen LogP contribution in [0.5, 0.6) is 0 Å². The number of anilines is 1. The summed E-state index contributed by atoms with van der Waals surface area (Å²) in [6.07, 6.45) is 0.495. The Labute approximate surface area is 190 Å². The first-order valence-corrected chi connectivity index (χ1v) is 13.3. The summed E-state index contributed by atoms with van der Waals surface area (Å²) >= 11 is 1.46. The van der Waals surface area contributed by atoms with Crippen molar-refractivity contribution in [2.75, 3.05) is 31.7 Å². The van der Waals surface area contributed by atoms with Gasteiger partial charge in [-0.25, -0.2) is 22.0 Å². The van der Waals surface area contributed by atoms with Crippen molar-refractivity contribution in [3.05, 3.63) is 48.5 Å².